The summed E-state index contributed by atoms with van der Waals surface area (Å²) in [4.78, 5) is 2.59. The lowest BCUT2D eigenvalue weighted by atomic mass is 10.2. The van der Waals surface area contributed by atoms with Crippen molar-refractivity contribution in [3.63, 3.8) is 0 Å². The Hall–Kier alpha value is -2.31. The van der Waals surface area contributed by atoms with Crippen LogP contribution in [0.5, 0.6) is 5.75 Å². The second-order valence-electron chi connectivity index (χ2n) is 2.65. The van der Waals surface area contributed by atoms with E-state index in [1.165, 1.54) is 0 Å². The van der Waals surface area contributed by atoms with Crippen LogP contribution in [0.1, 0.15) is 5.56 Å². The van der Waals surface area contributed by atoms with E-state index >= 15 is 0 Å². The summed E-state index contributed by atoms with van der Waals surface area (Å²) >= 11 is 0. The first-order chi connectivity index (χ1) is 7.27. The van der Waals surface area contributed by atoms with Gasteiger partial charge in [0.25, 0.3) is 0 Å². The second kappa shape index (κ2) is 5.43. The lowest BCUT2D eigenvalue weighted by Gasteiger charge is -2.03. The van der Waals surface area contributed by atoms with E-state index in [2.05, 4.69) is 21.9 Å². The highest BCUT2D eigenvalue weighted by atomic mass is 16.5. The molecule has 0 saturated carbocycles. The van der Waals surface area contributed by atoms with Crippen molar-refractivity contribution < 1.29 is 4.74 Å². The Kier molecular flexibility index (Phi) is 3.90. The van der Waals surface area contributed by atoms with Gasteiger partial charge in [0.1, 0.15) is 5.75 Å². The van der Waals surface area contributed by atoms with Gasteiger partial charge >= 0.3 is 0 Å². The Morgan fingerprint density at radius 1 is 1.60 bits per heavy atom. The largest absolute Gasteiger partial charge is 0.495 e. The van der Waals surface area contributed by atoms with Gasteiger partial charge < -0.3 is 10.5 Å². The highest BCUT2D eigenvalue weighted by Gasteiger charge is 1.98. The molecule has 0 aliphatic heterocycles. The molecule has 0 radical (unpaired) electrons. The molecule has 0 aliphatic carbocycles. The van der Waals surface area contributed by atoms with Crippen molar-refractivity contribution in [2.24, 2.45) is 5.11 Å². The topological polar surface area (TPSA) is 84.0 Å². The maximum atomic E-state index is 8.05. The van der Waals surface area contributed by atoms with E-state index in [0.29, 0.717) is 17.0 Å². The van der Waals surface area contributed by atoms with Crippen molar-refractivity contribution in [1.82, 2.24) is 0 Å². The van der Waals surface area contributed by atoms with E-state index in [4.69, 9.17) is 16.0 Å². The number of nitrogens with zero attached hydrogens (tertiary/aromatic N) is 3. The van der Waals surface area contributed by atoms with E-state index in [-0.39, 0.29) is 6.54 Å². The smallest absolute Gasteiger partial charge is 0.134 e. The van der Waals surface area contributed by atoms with E-state index in [9.17, 15) is 0 Å². The highest BCUT2D eigenvalue weighted by Crippen LogP contribution is 2.19. The molecule has 0 spiro atoms. The van der Waals surface area contributed by atoms with Crippen molar-refractivity contribution in [3.05, 3.63) is 34.2 Å². The van der Waals surface area contributed by atoms with Crippen LogP contribution < -0.4 is 10.5 Å². The molecule has 0 aromatic heterocycles. The number of azide groups is 1. The lowest BCUT2D eigenvalue weighted by molar-refractivity contribution is 0.413. The molecule has 2 N–H and O–H groups in total. The molecule has 1 aromatic carbocycles. The minimum absolute atomic E-state index is 0.133. The van der Waals surface area contributed by atoms with Crippen molar-refractivity contribution >= 4 is 5.69 Å². The van der Waals surface area contributed by atoms with Crippen LogP contribution >= 0.6 is 0 Å². The molecule has 0 bridgehead atoms. The first-order valence-electron chi connectivity index (χ1n) is 4.21. The highest BCUT2D eigenvalue weighted by molar-refractivity contribution is 5.54. The summed E-state index contributed by atoms with van der Waals surface area (Å²) in [5, 5.41) is 3.30. The average molecular weight is 202 g/mol. The van der Waals surface area contributed by atoms with Crippen LogP contribution in [0.3, 0.4) is 0 Å². The minimum Gasteiger partial charge on any atom is -0.495 e. The van der Waals surface area contributed by atoms with E-state index < -0.39 is 0 Å². The number of hydrogen-bond donors (Lipinski definition) is 1. The van der Waals surface area contributed by atoms with Crippen LogP contribution in [-0.2, 0) is 0 Å². The van der Waals surface area contributed by atoms with E-state index in [1.807, 2.05) is 0 Å². The molecule has 0 atom stereocenters. The molecular weight excluding hydrogens is 192 g/mol. The van der Waals surface area contributed by atoms with Gasteiger partial charge in [-0.2, -0.15) is 0 Å². The predicted molar refractivity (Wildman–Crippen MR) is 58.3 cm³/mol. The molecule has 0 aliphatic rings. The number of anilines is 1. The van der Waals surface area contributed by atoms with Gasteiger partial charge in [-0.1, -0.05) is 17.0 Å². The van der Waals surface area contributed by atoms with Gasteiger partial charge in [-0.05, 0) is 23.7 Å². The van der Waals surface area contributed by atoms with E-state index in [1.54, 1.807) is 25.3 Å². The third kappa shape index (κ3) is 3.14. The fourth-order valence-corrected chi connectivity index (χ4v) is 1.03. The van der Waals surface area contributed by atoms with Gasteiger partial charge in [0.2, 0.25) is 0 Å². The molecule has 0 heterocycles. The number of benzene rings is 1. The van der Waals surface area contributed by atoms with Crippen LogP contribution in [0.4, 0.5) is 5.69 Å². The molecule has 1 aromatic rings. The Morgan fingerprint density at radius 3 is 3.07 bits per heavy atom. The molecule has 5 heteroatoms. The van der Waals surface area contributed by atoms with Crippen LogP contribution in [0.15, 0.2) is 23.3 Å². The summed E-state index contributed by atoms with van der Waals surface area (Å²) in [6, 6.07) is 5.19. The third-order valence-corrected chi connectivity index (χ3v) is 1.66. The number of methoxy groups -OCH3 is 1. The SMILES string of the molecule is COc1ccc(N)cc1C#CCN=[N+]=[N-]. The summed E-state index contributed by atoms with van der Waals surface area (Å²) in [5.41, 5.74) is 15.0. The molecule has 5 nitrogen and oxygen atoms in total. The molecule has 15 heavy (non-hydrogen) atoms. The molecule has 0 saturated heterocycles. The zero-order valence-electron chi connectivity index (χ0n) is 8.27. The summed E-state index contributed by atoms with van der Waals surface area (Å²) in [7, 11) is 1.56. The number of nitrogens with two attached hydrogens (primary N) is 1. The molecule has 0 unspecified atom stereocenters. The van der Waals surface area contributed by atoms with Crippen LogP contribution in [-0.4, -0.2) is 13.7 Å². The van der Waals surface area contributed by atoms with E-state index in [0.717, 1.165) is 0 Å². The zero-order chi connectivity index (χ0) is 11.1. The van der Waals surface area contributed by atoms with Crippen molar-refractivity contribution in [3.8, 4) is 17.6 Å². The molecule has 0 amide bonds. The Balaban J connectivity index is 2.94. The minimum atomic E-state index is 0.133. The predicted octanol–water partition coefficient (Wildman–Crippen LogP) is 1.94. The van der Waals surface area contributed by atoms with Crippen LogP contribution in [0, 0.1) is 11.8 Å². The van der Waals surface area contributed by atoms with Gasteiger partial charge in [0, 0.05) is 10.6 Å². The maximum absolute atomic E-state index is 8.05. The number of hydrogen-bond acceptors (Lipinski definition) is 3. The fourth-order valence-electron chi connectivity index (χ4n) is 1.03. The van der Waals surface area contributed by atoms with Crippen LogP contribution in [0.25, 0.3) is 10.4 Å². The Morgan fingerprint density at radius 2 is 2.40 bits per heavy atom. The monoisotopic (exact) mass is 202 g/mol. The summed E-state index contributed by atoms with van der Waals surface area (Å²) in [5.74, 6) is 6.17. The van der Waals surface area contributed by atoms with Crippen molar-refractivity contribution in [2.45, 2.75) is 0 Å². The second-order valence-corrected chi connectivity index (χ2v) is 2.65. The summed E-state index contributed by atoms with van der Waals surface area (Å²) < 4.78 is 5.10. The van der Waals surface area contributed by atoms with Crippen LogP contribution in [0.2, 0.25) is 0 Å². The van der Waals surface area contributed by atoms with Gasteiger partial charge in [0.05, 0.1) is 19.2 Å². The first-order valence-corrected chi connectivity index (χ1v) is 4.21. The Bertz CT molecular complexity index is 452. The van der Waals surface area contributed by atoms with Crippen molar-refractivity contribution in [1.29, 1.82) is 0 Å². The molecular formula is C10H10N4O. The fraction of sp³-hybridized carbons (Fsp3) is 0.200. The summed E-state index contributed by atoms with van der Waals surface area (Å²) in [6.07, 6.45) is 0. The standard InChI is InChI=1S/C10H10N4O/c1-15-10-5-4-9(11)7-8(10)3-2-6-13-14-12/h4-5,7H,6,11H2,1H3. The van der Waals surface area contributed by atoms with Gasteiger partial charge in [0.15, 0.2) is 0 Å². The normalized spacial score (nSPS) is 8.33. The van der Waals surface area contributed by atoms with Crippen molar-refractivity contribution in [2.75, 3.05) is 19.4 Å². The number of nitrogen functional groups attached to an aromatic ring is 1. The van der Waals surface area contributed by atoms with Gasteiger partial charge in [-0.25, -0.2) is 0 Å². The first kappa shape index (κ1) is 10.8. The van der Waals surface area contributed by atoms with Gasteiger partial charge in [-0.3, -0.25) is 0 Å². The third-order valence-electron chi connectivity index (χ3n) is 1.66. The molecule has 76 valence electrons. The Labute approximate surface area is 87.5 Å². The molecule has 0 fully saturated rings. The lowest BCUT2D eigenvalue weighted by Crippen LogP contribution is -1.91. The zero-order valence-corrected chi connectivity index (χ0v) is 8.27. The summed E-state index contributed by atoms with van der Waals surface area (Å²) in [6.45, 7) is 0.133. The quantitative estimate of drug-likeness (QED) is 0.261. The van der Waals surface area contributed by atoms with Gasteiger partial charge in [-0.15, -0.1) is 0 Å². The average Bonchev–Trinajstić information content (AvgIpc) is 2.25. The number of ether oxygens (including phenoxy) is 1. The maximum Gasteiger partial charge on any atom is 0.134 e. The number of rotatable bonds is 2. The molecule has 1 rings (SSSR count).